The van der Waals surface area contributed by atoms with Gasteiger partial charge < -0.3 is 16.0 Å². The molecule has 1 atom stereocenters. The summed E-state index contributed by atoms with van der Waals surface area (Å²) in [5.74, 6) is -0.312. The Kier molecular flexibility index (Phi) is 5.86. The van der Waals surface area contributed by atoms with Crippen LogP contribution in [0, 0.1) is 0 Å². The summed E-state index contributed by atoms with van der Waals surface area (Å²) in [5, 5.41) is 3.96. The van der Waals surface area contributed by atoms with Gasteiger partial charge in [0.1, 0.15) is 0 Å². The number of rotatable bonds is 3. The molecule has 1 amide bonds. The number of amides is 1. The fourth-order valence-electron chi connectivity index (χ4n) is 3.21. The van der Waals surface area contributed by atoms with Crippen LogP contribution in [0.5, 0.6) is 0 Å². The molecule has 2 aromatic rings. The van der Waals surface area contributed by atoms with Gasteiger partial charge in [0, 0.05) is 18.2 Å². The van der Waals surface area contributed by atoms with Gasteiger partial charge >= 0.3 is 0 Å². The van der Waals surface area contributed by atoms with Crippen molar-refractivity contribution in [3.63, 3.8) is 0 Å². The maximum absolute atomic E-state index is 12.6. The van der Waals surface area contributed by atoms with Crippen LogP contribution in [0.4, 0.5) is 17.1 Å². The molecule has 7 heteroatoms. The van der Waals surface area contributed by atoms with Crippen molar-refractivity contribution >= 4 is 57.8 Å². The lowest BCUT2D eigenvalue weighted by molar-refractivity contribution is 0.102. The van der Waals surface area contributed by atoms with E-state index in [2.05, 4.69) is 17.1 Å². The van der Waals surface area contributed by atoms with Crippen molar-refractivity contribution in [3.05, 3.63) is 51.0 Å². The molecule has 0 spiro atoms. The van der Waals surface area contributed by atoms with Crippen LogP contribution in [0.25, 0.3) is 0 Å². The van der Waals surface area contributed by atoms with E-state index in [1.807, 2.05) is 6.07 Å². The minimum absolute atomic E-state index is 0.312. The molecule has 1 aliphatic heterocycles. The van der Waals surface area contributed by atoms with Gasteiger partial charge in [0.05, 0.1) is 32.1 Å². The second kappa shape index (κ2) is 7.95. The molecule has 1 unspecified atom stereocenters. The van der Waals surface area contributed by atoms with Crippen molar-refractivity contribution in [1.29, 1.82) is 0 Å². The highest BCUT2D eigenvalue weighted by atomic mass is 35.5. The number of anilines is 3. The predicted octanol–water partition coefficient (Wildman–Crippen LogP) is 5.86. The van der Waals surface area contributed by atoms with Gasteiger partial charge in [0.25, 0.3) is 5.91 Å². The van der Waals surface area contributed by atoms with Gasteiger partial charge in [-0.2, -0.15) is 0 Å². The predicted molar refractivity (Wildman–Crippen MR) is 111 cm³/mol. The molecule has 2 aromatic carbocycles. The number of halogens is 3. The molecule has 0 bridgehead atoms. The molecule has 138 valence electrons. The van der Waals surface area contributed by atoms with Crippen molar-refractivity contribution < 1.29 is 4.79 Å². The average molecular weight is 413 g/mol. The Morgan fingerprint density at radius 3 is 2.58 bits per heavy atom. The molecule has 0 radical (unpaired) electrons. The molecule has 4 nitrogen and oxygen atoms in total. The molecule has 1 heterocycles. The number of carbonyl (C=O) groups excluding carboxylic acids is 1. The van der Waals surface area contributed by atoms with Crippen LogP contribution in [0.15, 0.2) is 30.3 Å². The smallest absolute Gasteiger partial charge is 0.255 e. The lowest BCUT2D eigenvalue weighted by atomic mass is 10.0. The number of benzene rings is 2. The Hall–Kier alpha value is -1.62. The highest BCUT2D eigenvalue weighted by Crippen LogP contribution is 2.36. The molecule has 0 aliphatic carbocycles. The van der Waals surface area contributed by atoms with Gasteiger partial charge in [-0.3, -0.25) is 4.79 Å². The normalized spacial score (nSPS) is 17.2. The van der Waals surface area contributed by atoms with E-state index in [4.69, 9.17) is 40.5 Å². The Morgan fingerprint density at radius 2 is 1.88 bits per heavy atom. The number of nitrogens with two attached hydrogens (primary N) is 1. The first-order chi connectivity index (χ1) is 12.4. The third kappa shape index (κ3) is 4.03. The van der Waals surface area contributed by atoms with Crippen molar-refractivity contribution in [2.75, 3.05) is 22.5 Å². The Labute approximate surface area is 168 Å². The quantitative estimate of drug-likeness (QED) is 0.621. The first kappa shape index (κ1) is 19.2. The van der Waals surface area contributed by atoms with E-state index in [0.29, 0.717) is 38.0 Å². The SMILES string of the molecule is CC1CCCCN1c1cc(NC(=O)c2ccc(Cl)c(Cl)c2)c(Cl)cc1N. The van der Waals surface area contributed by atoms with Crippen molar-refractivity contribution in [2.24, 2.45) is 0 Å². The van der Waals surface area contributed by atoms with Crippen molar-refractivity contribution in [3.8, 4) is 0 Å². The zero-order chi connectivity index (χ0) is 18.8. The van der Waals surface area contributed by atoms with Gasteiger partial charge in [-0.1, -0.05) is 34.8 Å². The van der Waals surface area contributed by atoms with Crippen LogP contribution >= 0.6 is 34.8 Å². The van der Waals surface area contributed by atoms with Crippen molar-refractivity contribution in [2.45, 2.75) is 32.2 Å². The molecule has 1 fully saturated rings. The lowest BCUT2D eigenvalue weighted by Gasteiger charge is -2.36. The summed E-state index contributed by atoms with van der Waals surface area (Å²) in [6, 6.07) is 8.65. The monoisotopic (exact) mass is 411 g/mol. The average Bonchev–Trinajstić information content (AvgIpc) is 2.60. The van der Waals surface area contributed by atoms with Crippen LogP contribution in [0.1, 0.15) is 36.5 Å². The molecule has 3 rings (SSSR count). The first-order valence-corrected chi connectivity index (χ1v) is 9.62. The van der Waals surface area contributed by atoms with E-state index in [9.17, 15) is 4.79 Å². The van der Waals surface area contributed by atoms with E-state index in [-0.39, 0.29) is 5.91 Å². The van der Waals surface area contributed by atoms with Crippen LogP contribution in [0.2, 0.25) is 15.1 Å². The molecule has 0 saturated carbocycles. The van der Waals surface area contributed by atoms with Gasteiger partial charge in [0.15, 0.2) is 0 Å². The maximum atomic E-state index is 12.6. The third-order valence-electron chi connectivity index (χ3n) is 4.66. The third-order valence-corrected chi connectivity index (χ3v) is 5.71. The highest BCUT2D eigenvalue weighted by molar-refractivity contribution is 6.42. The van der Waals surface area contributed by atoms with Gasteiger partial charge in [0.2, 0.25) is 0 Å². The number of nitrogens with zero attached hydrogens (tertiary/aromatic N) is 1. The second-order valence-electron chi connectivity index (χ2n) is 6.51. The fourth-order valence-corrected chi connectivity index (χ4v) is 3.73. The van der Waals surface area contributed by atoms with Crippen LogP contribution in [0.3, 0.4) is 0 Å². The van der Waals surface area contributed by atoms with E-state index in [0.717, 1.165) is 25.1 Å². The van der Waals surface area contributed by atoms with E-state index >= 15 is 0 Å². The summed E-state index contributed by atoms with van der Waals surface area (Å²) in [6.07, 6.45) is 3.45. The standard InChI is InChI=1S/C19H20Cl3N3O/c1-11-4-2-3-7-25(11)18-10-17(15(22)9-16(18)23)24-19(26)12-5-6-13(20)14(21)8-12/h5-6,8-11H,2-4,7,23H2,1H3,(H,24,26). The highest BCUT2D eigenvalue weighted by Gasteiger charge is 2.22. The zero-order valence-corrected chi connectivity index (χ0v) is 16.6. The largest absolute Gasteiger partial charge is 0.397 e. The molecule has 0 aromatic heterocycles. The summed E-state index contributed by atoms with van der Waals surface area (Å²) >= 11 is 18.2. The van der Waals surface area contributed by atoms with Crippen LogP contribution < -0.4 is 16.0 Å². The topological polar surface area (TPSA) is 58.4 Å². The number of hydrogen-bond acceptors (Lipinski definition) is 3. The van der Waals surface area contributed by atoms with Crippen molar-refractivity contribution in [1.82, 2.24) is 0 Å². The molecule has 3 N–H and O–H groups in total. The van der Waals surface area contributed by atoms with Gasteiger partial charge in [-0.15, -0.1) is 0 Å². The molecule has 1 saturated heterocycles. The Morgan fingerprint density at radius 1 is 1.12 bits per heavy atom. The summed E-state index contributed by atoms with van der Waals surface area (Å²) in [7, 11) is 0. The molecule has 1 aliphatic rings. The van der Waals surface area contributed by atoms with E-state index in [1.54, 1.807) is 18.2 Å². The fraction of sp³-hybridized carbons (Fsp3) is 0.316. The number of hydrogen-bond donors (Lipinski definition) is 2. The summed E-state index contributed by atoms with van der Waals surface area (Å²) in [4.78, 5) is 14.8. The number of nitrogen functional groups attached to an aromatic ring is 1. The van der Waals surface area contributed by atoms with E-state index < -0.39 is 0 Å². The Balaban J connectivity index is 1.88. The number of piperidine rings is 1. The minimum atomic E-state index is -0.312. The second-order valence-corrected chi connectivity index (χ2v) is 7.73. The lowest BCUT2D eigenvalue weighted by Crippen LogP contribution is -2.37. The minimum Gasteiger partial charge on any atom is -0.397 e. The molecular weight excluding hydrogens is 393 g/mol. The maximum Gasteiger partial charge on any atom is 0.255 e. The first-order valence-electron chi connectivity index (χ1n) is 8.49. The number of carbonyl (C=O) groups is 1. The summed E-state index contributed by atoms with van der Waals surface area (Å²) in [5.41, 5.74) is 8.61. The zero-order valence-electron chi connectivity index (χ0n) is 14.4. The van der Waals surface area contributed by atoms with Crippen LogP contribution in [-0.4, -0.2) is 18.5 Å². The van der Waals surface area contributed by atoms with Gasteiger partial charge in [-0.25, -0.2) is 0 Å². The number of nitrogens with one attached hydrogen (secondary N) is 1. The summed E-state index contributed by atoms with van der Waals surface area (Å²) < 4.78 is 0. The molecular formula is C19H20Cl3N3O. The molecule has 26 heavy (non-hydrogen) atoms. The van der Waals surface area contributed by atoms with E-state index in [1.165, 1.54) is 12.5 Å². The van der Waals surface area contributed by atoms with Gasteiger partial charge in [-0.05, 0) is 56.5 Å². The summed E-state index contributed by atoms with van der Waals surface area (Å²) in [6.45, 7) is 3.12. The van der Waals surface area contributed by atoms with Crippen LogP contribution in [-0.2, 0) is 0 Å². The Bertz CT molecular complexity index is 841.